The summed E-state index contributed by atoms with van der Waals surface area (Å²) in [6.45, 7) is 4.29. The van der Waals surface area contributed by atoms with Crippen molar-refractivity contribution in [1.29, 1.82) is 0 Å². The first-order valence-corrected chi connectivity index (χ1v) is 11.6. The third-order valence-electron chi connectivity index (χ3n) is 6.16. The average Bonchev–Trinajstić information content (AvgIpc) is 3.31. The Labute approximate surface area is 212 Å². The number of nitrogens with zero attached hydrogens (tertiary/aromatic N) is 5. The molecule has 0 bridgehead atoms. The Balaban J connectivity index is 1.80. The number of carbonyl (C=O) groups excluding carboxylic acids is 1. The second kappa shape index (κ2) is 9.90. The molecule has 0 aliphatic heterocycles. The fourth-order valence-corrected chi connectivity index (χ4v) is 4.44. The topological polar surface area (TPSA) is 129 Å². The van der Waals surface area contributed by atoms with Gasteiger partial charge in [0.2, 0.25) is 0 Å². The Morgan fingerprint density at radius 1 is 1.08 bits per heavy atom. The van der Waals surface area contributed by atoms with Crippen LogP contribution in [0.1, 0.15) is 29.7 Å². The highest BCUT2D eigenvalue weighted by Crippen LogP contribution is 2.38. The Hall–Kier alpha value is -5.05. The van der Waals surface area contributed by atoms with E-state index >= 15 is 0 Å². The van der Waals surface area contributed by atoms with Crippen LogP contribution in [0.5, 0.6) is 5.75 Å². The molecule has 1 unspecified atom stereocenters. The van der Waals surface area contributed by atoms with E-state index in [1.54, 1.807) is 10.9 Å². The summed E-state index contributed by atoms with van der Waals surface area (Å²) in [6, 6.07) is 18.6. The van der Waals surface area contributed by atoms with Crippen LogP contribution in [0.4, 0.5) is 5.82 Å². The molecule has 0 radical (unpaired) electrons. The van der Waals surface area contributed by atoms with Gasteiger partial charge >= 0.3 is 0 Å². The highest BCUT2D eigenvalue weighted by atomic mass is 16.5. The molecule has 9 heteroatoms. The van der Waals surface area contributed by atoms with Crippen LogP contribution in [0.2, 0.25) is 0 Å². The van der Waals surface area contributed by atoms with Crippen LogP contribution in [0.15, 0.2) is 85.1 Å². The van der Waals surface area contributed by atoms with E-state index in [0.717, 1.165) is 22.3 Å². The lowest BCUT2D eigenvalue weighted by Crippen LogP contribution is -2.15. The number of pyridine rings is 1. The van der Waals surface area contributed by atoms with Crippen molar-refractivity contribution in [3.05, 3.63) is 102 Å². The number of aromatic hydroxyl groups is 1. The van der Waals surface area contributed by atoms with Gasteiger partial charge in [-0.15, -0.1) is 0 Å². The quantitative estimate of drug-likeness (QED) is 0.248. The number of anilines is 1. The molecule has 5 rings (SSSR count). The maximum absolute atomic E-state index is 11.8. The van der Waals surface area contributed by atoms with Crippen LogP contribution in [-0.4, -0.2) is 36.3 Å². The maximum Gasteiger partial charge on any atom is 0.298 e. The second-order valence-electron chi connectivity index (χ2n) is 8.49. The van der Waals surface area contributed by atoms with Gasteiger partial charge in [-0.3, -0.25) is 9.78 Å². The van der Waals surface area contributed by atoms with Gasteiger partial charge in [-0.25, -0.2) is 14.6 Å². The van der Waals surface area contributed by atoms with Crippen molar-refractivity contribution in [2.24, 2.45) is 0 Å². The molecule has 5 aromatic rings. The fraction of sp³-hybridized carbons (Fsp3) is 0.107. The van der Waals surface area contributed by atoms with Crippen LogP contribution in [0, 0.1) is 6.92 Å². The molecule has 0 saturated heterocycles. The predicted octanol–water partition coefficient (Wildman–Crippen LogP) is 4.68. The number of nitrogen functional groups attached to an aromatic ring is 1. The Kier molecular flexibility index (Phi) is 6.34. The molecule has 3 aromatic heterocycles. The number of nitrogens with two attached hydrogens (primary N) is 1. The van der Waals surface area contributed by atoms with Crippen LogP contribution in [-0.2, 0) is 9.53 Å². The molecular weight excluding hydrogens is 468 g/mol. The highest BCUT2D eigenvalue weighted by molar-refractivity contribution is 5.98. The van der Waals surface area contributed by atoms with Crippen molar-refractivity contribution in [1.82, 2.24) is 24.7 Å². The van der Waals surface area contributed by atoms with E-state index in [2.05, 4.69) is 15.0 Å². The normalized spacial score (nSPS) is 12.7. The van der Waals surface area contributed by atoms with Gasteiger partial charge in [0.25, 0.3) is 6.47 Å². The predicted molar refractivity (Wildman–Crippen MR) is 140 cm³/mol. The van der Waals surface area contributed by atoms with E-state index in [4.69, 9.17) is 15.6 Å². The number of aromatic nitrogens is 5. The van der Waals surface area contributed by atoms with Gasteiger partial charge in [0.05, 0.1) is 11.6 Å². The van der Waals surface area contributed by atoms with Crippen LogP contribution < -0.4 is 5.73 Å². The highest BCUT2D eigenvalue weighted by Gasteiger charge is 2.27. The van der Waals surface area contributed by atoms with E-state index in [0.29, 0.717) is 34.5 Å². The molecule has 2 aromatic carbocycles. The lowest BCUT2D eigenvalue weighted by molar-refractivity contribution is -0.125. The number of carbonyl (C=O) groups is 1. The number of ether oxygens (including phenoxy) is 1. The molecule has 9 nitrogen and oxygen atoms in total. The number of aryl methyl sites for hydroxylation is 1. The van der Waals surface area contributed by atoms with Gasteiger partial charge in [0, 0.05) is 17.3 Å². The van der Waals surface area contributed by atoms with E-state index in [-0.39, 0.29) is 11.6 Å². The summed E-state index contributed by atoms with van der Waals surface area (Å²) in [5.41, 5.74) is 11.3. The van der Waals surface area contributed by atoms with Gasteiger partial charge in [-0.05, 0) is 36.6 Å². The average molecular weight is 493 g/mol. The molecule has 37 heavy (non-hydrogen) atoms. The SMILES string of the molecule is Cc1ccccc1/C(=C(\OC=O)C(C)n1nc(-c2cncc(O)c2)c2c(N)ncnc21)c1ccccc1. The first-order valence-electron chi connectivity index (χ1n) is 11.6. The molecule has 3 heterocycles. The Morgan fingerprint density at radius 3 is 2.57 bits per heavy atom. The van der Waals surface area contributed by atoms with Crippen LogP contribution in [0.25, 0.3) is 27.9 Å². The van der Waals surface area contributed by atoms with Gasteiger partial charge in [0.15, 0.2) is 5.65 Å². The first-order chi connectivity index (χ1) is 18.0. The minimum atomic E-state index is -0.587. The molecule has 0 aliphatic rings. The smallest absolute Gasteiger partial charge is 0.298 e. The third kappa shape index (κ3) is 4.38. The van der Waals surface area contributed by atoms with E-state index in [9.17, 15) is 9.90 Å². The number of benzene rings is 2. The van der Waals surface area contributed by atoms with Crippen molar-refractivity contribution >= 4 is 28.9 Å². The van der Waals surface area contributed by atoms with Crippen molar-refractivity contribution in [2.45, 2.75) is 19.9 Å². The monoisotopic (exact) mass is 492 g/mol. The van der Waals surface area contributed by atoms with Crippen LogP contribution >= 0.6 is 0 Å². The number of hydrogen-bond donors (Lipinski definition) is 2. The zero-order chi connectivity index (χ0) is 25.9. The van der Waals surface area contributed by atoms with Crippen molar-refractivity contribution in [2.75, 3.05) is 5.73 Å². The summed E-state index contributed by atoms with van der Waals surface area (Å²) < 4.78 is 7.35. The lowest BCUT2D eigenvalue weighted by atomic mass is 9.91. The number of rotatable bonds is 7. The van der Waals surface area contributed by atoms with Gasteiger partial charge < -0.3 is 15.6 Å². The van der Waals surface area contributed by atoms with Crippen LogP contribution in [0.3, 0.4) is 0 Å². The summed E-state index contributed by atoms with van der Waals surface area (Å²) in [5.74, 6) is 0.600. The summed E-state index contributed by atoms with van der Waals surface area (Å²) in [7, 11) is 0. The lowest BCUT2D eigenvalue weighted by Gasteiger charge is -2.21. The number of allylic oxidation sites excluding steroid dienone is 1. The molecule has 0 fully saturated rings. The summed E-state index contributed by atoms with van der Waals surface area (Å²) in [4.78, 5) is 24.5. The Morgan fingerprint density at radius 2 is 1.84 bits per heavy atom. The second-order valence-corrected chi connectivity index (χ2v) is 8.49. The van der Waals surface area contributed by atoms with Gasteiger partial charge in [-0.1, -0.05) is 54.6 Å². The third-order valence-corrected chi connectivity index (χ3v) is 6.16. The molecule has 184 valence electrons. The summed E-state index contributed by atoms with van der Waals surface area (Å²) in [5, 5.41) is 15.3. The summed E-state index contributed by atoms with van der Waals surface area (Å²) in [6.07, 6.45) is 4.26. The first kappa shape index (κ1) is 23.7. The molecule has 0 spiro atoms. The molecule has 0 aliphatic carbocycles. The molecular formula is C28H24N6O3. The minimum absolute atomic E-state index is 0.0144. The maximum atomic E-state index is 11.8. The van der Waals surface area contributed by atoms with Crippen molar-refractivity contribution < 1.29 is 14.6 Å². The largest absolute Gasteiger partial charge is 0.506 e. The Bertz CT molecular complexity index is 1630. The number of hydrogen-bond acceptors (Lipinski definition) is 8. The molecule has 1 atom stereocenters. The fourth-order valence-electron chi connectivity index (χ4n) is 4.44. The summed E-state index contributed by atoms with van der Waals surface area (Å²) >= 11 is 0. The van der Waals surface area contributed by atoms with Crippen molar-refractivity contribution in [3.8, 4) is 17.0 Å². The van der Waals surface area contributed by atoms with Gasteiger partial charge in [-0.2, -0.15) is 5.10 Å². The van der Waals surface area contributed by atoms with E-state index in [1.807, 2.05) is 68.4 Å². The standard InChI is InChI=1S/C28H24N6O3/c1-17-8-6-7-11-22(17)23(19-9-4-3-5-10-19)26(37-16-35)18(2)34-28-24(27(29)31-15-32-28)25(33-34)20-12-21(36)14-30-13-20/h3-16,18,36H,1-2H3,(H2,29,31,32)/b26-23-. The number of fused-ring (bicyclic) bond motifs is 1. The van der Waals surface area contributed by atoms with E-state index < -0.39 is 6.04 Å². The zero-order valence-electron chi connectivity index (χ0n) is 20.2. The molecule has 3 N–H and O–H groups in total. The molecule has 0 amide bonds. The zero-order valence-corrected chi connectivity index (χ0v) is 20.2. The van der Waals surface area contributed by atoms with Gasteiger partial charge in [0.1, 0.15) is 35.4 Å². The van der Waals surface area contributed by atoms with Crippen molar-refractivity contribution in [3.63, 3.8) is 0 Å². The van der Waals surface area contributed by atoms with E-state index in [1.165, 1.54) is 18.6 Å². The minimum Gasteiger partial charge on any atom is -0.506 e. The molecule has 0 saturated carbocycles.